The lowest BCUT2D eigenvalue weighted by molar-refractivity contribution is -0.235. The molecule has 0 aliphatic carbocycles. The molecule has 1 fully saturated rings. The number of rotatable bonds is 1. The predicted octanol–water partition coefficient (Wildman–Crippen LogP) is 0.0386. The molecule has 1 saturated heterocycles. The third-order valence-corrected chi connectivity index (χ3v) is 3.48. The Morgan fingerprint density at radius 2 is 1.74 bits per heavy atom. The first kappa shape index (κ1) is 16.2. The smallest absolute Gasteiger partial charge is 0.410 e. The molecule has 0 aromatic carbocycles. The van der Waals surface area contributed by atoms with E-state index in [0.29, 0.717) is 0 Å². The molecule has 0 aromatic rings. The highest BCUT2D eigenvalue weighted by molar-refractivity contribution is 5.68. The van der Waals surface area contributed by atoms with Gasteiger partial charge in [0.25, 0.3) is 0 Å². The van der Waals surface area contributed by atoms with E-state index in [-0.39, 0.29) is 13.1 Å². The Kier molecular flexibility index (Phi) is 4.46. The topological polar surface area (TPSA) is 93.5 Å². The van der Waals surface area contributed by atoms with Gasteiger partial charge in [0.05, 0.1) is 30.8 Å². The summed E-state index contributed by atoms with van der Waals surface area (Å²) in [6, 6.07) is 0. The molecule has 0 radical (unpaired) electrons. The van der Waals surface area contributed by atoms with E-state index in [9.17, 15) is 20.2 Å². The minimum atomic E-state index is -1.21. The van der Waals surface area contributed by atoms with Gasteiger partial charge in [-0.2, -0.15) is 5.06 Å². The van der Waals surface area contributed by atoms with Crippen molar-refractivity contribution in [3.63, 3.8) is 0 Å². The lowest BCUT2D eigenvalue weighted by Crippen LogP contribution is -2.69. The van der Waals surface area contributed by atoms with Crippen LogP contribution in [0.3, 0.4) is 0 Å². The fraction of sp³-hybridized carbons (Fsp3) is 0.917. The normalized spacial score (nSPS) is 32.6. The molecular weight excluding hydrogens is 252 g/mol. The zero-order valence-electron chi connectivity index (χ0n) is 12.1. The van der Waals surface area contributed by atoms with E-state index in [1.807, 2.05) is 0 Å². The number of aliphatic hydroxyl groups is 2. The van der Waals surface area contributed by atoms with Gasteiger partial charge in [-0.1, -0.05) is 0 Å². The Hall–Kier alpha value is -0.890. The fourth-order valence-corrected chi connectivity index (χ4v) is 1.99. The molecule has 19 heavy (non-hydrogen) atoms. The molecular formula is C12H24N2O5. The SMILES string of the molecule is CN(O)C1(C)C(O)CN(C(=O)OC(C)(C)C)CC1O. The summed E-state index contributed by atoms with van der Waals surface area (Å²) in [5.74, 6) is 0. The maximum absolute atomic E-state index is 11.9. The number of carbonyl (C=O) groups excluding carboxylic acids is 1. The summed E-state index contributed by atoms with van der Waals surface area (Å²) in [5.41, 5.74) is -1.85. The Morgan fingerprint density at radius 1 is 1.32 bits per heavy atom. The summed E-state index contributed by atoms with van der Waals surface area (Å²) in [4.78, 5) is 13.1. The van der Waals surface area contributed by atoms with Gasteiger partial charge in [-0.25, -0.2) is 4.79 Å². The molecule has 1 heterocycles. The second-order valence-corrected chi connectivity index (χ2v) is 6.17. The van der Waals surface area contributed by atoms with Crippen LogP contribution in [-0.2, 0) is 4.74 Å². The van der Waals surface area contributed by atoms with Crippen molar-refractivity contribution in [3.05, 3.63) is 0 Å². The molecule has 2 unspecified atom stereocenters. The van der Waals surface area contributed by atoms with Crippen LogP contribution in [-0.4, -0.2) is 75.0 Å². The van der Waals surface area contributed by atoms with Gasteiger partial charge in [0.15, 0.2) is 0 Å². The lowest BCUT2D eigenvalue weighted by atomic mass is 9.84. The minimum Gasteiger partial charge on any atom is -0.444 e. The van der Waals surface area contributed by atoms with Gasteiger partial charge < -0.3 is 25.1 Å². The van der Waals surface area contributed by atoms with Crippen molar-refractivity contribution < 1.29 is 25.0 Å². The number of likely N-dealkylation sites (tertiary alicyclic amines) is 1. The van der Waals surface area contributed by atoms with Crippen LogP contribution in [0.15, 0.2) is 0 Å². The molecule has 1 aliphatic rings. The molecule has 3 N–H and O–H groups in total. The maximum Gasteiger partial charge on any atom is 0.410 e. The Bertz CT molecular complexity index is 328. The number of likely N-dealkylation sites (N-methyl/N-ethyl adjacent to an activating group) is 1. The van der Waals surface area contributed by atoms with Gasteiger partial charge >= 0.3 is 6.09 Å². The molecule has 7 heteroatoms. The maximum atomic E-state index is 11.9. The number of hydrogen-bond donors (Lipinski definition) is 3. The van der Waals surface area contributed by atoms with Crippen LogP contribution in [0.5, 0.6) is 0 Å². The fourth-order valence-electron chi connectivity index (χ4n) is 1.99. The second kappa shape index (κ2) is 5.24. The van der Waals surface area contributed by atoms with Crippen LogP contribution in [0.4, 0.5) is 4.79 Å². The molecule has 0 aromatic heterocycles. The summed E-state index contributed by atoms with van der Waals surface area (Å²) in [7, 11) is 1.36. The van der Waals surface area contributed by atoms with Crippen LogP contribution in [0.1, 0.15) is 27.7 Å². The molecule has 7 nitrogen and oxygen atoms in total. The number of nitrogens with zero attached hydrogens (tertiary/aromatic N) is 2. The van der Waals surface area contributed by atoms with Crippen LogP contribution in [0.2, 0.25) is 0 Å². The van der Waals surface area contributed by atoms with Crippen molar-refractivity contribution >= 4 is 6.09 Å². The van der Waals surface area contributed by atoms with E-state index in [1.165, 1.54) is 18.9 Å². The van der Waals surface area contributed by atoms with Crippen molar-refractivity contribution in [2.45, 2.75) is 51.0 Å². The largest absolute Gasteiger partial charge is 0.444 e. The third-order valence-electron chi connectivity index (χ3n) is 3.48. The summed E-state index contributed by atoms with van der Waals surface area (Å²) in [5, 5.41) is 30.5. The third kappa shape index (κ3) is 3.36. The van der Waals surface area contributed by atoms with Crippen molar-refractivity contribution in [3.8, 4) is 0 Å². The number of amides is 1. The van der Waals surface area contributed by atoms with E-state index in [2.05, 4.69) is 0 Å². The molecule has 1 amide bonds. The zero-order valence-corrected chi connectivity index (χ0v) is 12.1. The molecule has 2 atom stereocenters. The zero-order chi connectivity index (χ0) is 15.0. The van der Waals surface area contributed by atoms with E-state index in [0.717, 1.165) is 5.06 Å². The number of β-amino-alcohol motifs (C(OH)–C–C–N with tert-alkyl or cyclic N) is 2. The van der Waals surface area contributed by atoms with E-state index in [4.69, 9.17) is 4.74 Å². The Morgan fingerprint density at radius 3 is 2.05 bits per heavy atom. The number of hydrogen-bond acceptors (Lipinski definition) is 6. The van der Waals surface area contributed by atoms with Crippen molar-refractivity contribution in [1.82, 2.24) is 9.96 Å². The van der Waals surface area contributed by atoms with Gasteiger partial charge in [0.2, 0.25) is 0 Å². The summed E-state index contributed by atoms with van der Waals surface area (Å²) in [6.07, 6.45) is -2.76. The number of piperidine rings is 1. The summed E-state index contributed by atoms with van der Waals surface area (Å²) >= 11 is 0. The average molecular weight is 276 g/mol. The van der Waals surface area contributed by atoms with E-state index >= 15 is 0 Å². The van der Waals surface area contributed by atoms with Crippen molar-refractivity contribution in [2.75, 3.05) is 20.1 Å². The standard InChI is InChI=1S/C12H24N2O5/c1-11(2,3)19-10(17)14-6-8(15)12(4,13(5)18)9(16)7-14/h8-9,15-16,18H,6-7H2,1-5H3. The van der Waals surface area contributed by atoms with Crippen molar-refractivity contribution in [2.24, 2.45) is 0 Å². The van der Waals surface area contributed by atoms with E-state index < -0.39 is 29.4 Å². The monoisotopic (exact) mass is 276 g/mol. The van der Waals surface area contributed by atoms with Gasteiger partial charge in [0.1, 0.15) is 5.60 Å². The minimum absolute atomic E-state index is 0.00657. The summed E-state index contributed by atoms with van der Waals surface area (Å²) in [6.45, 7) is 6.75. The molecule has 112 valence electrons. The van der Waals surface area contributed by atoms with Crippen molar-refractivity contribution in [1.29, 1.82) is 0 Å². The van der Waals surface area contributed by atoms with E-state index in [1.54, 1.807) is 20.8 Å². The van der Waals surface area contributed by atoms with Gasteiger partial charge in [-0.3, -0.25) is 0 Å². The van der Waals surface area contributed by atoms with Crippen LogP contribution < -0.4 is 0 Å². The predicted molar refractivity (Wildman–Crippen MR) is 67.8 cm³/mol. The number of aliphatic hydroxyl groups excluding tert-OH is 2. The number of ether oxygens (including phenoxy) is 1. The highest BCUT2D eigenvalue weighted by Gasteiger charge is 2.49. The molecule has 0 bridgehead atoms. The van der Waals surface area contributed by atoms with Gasteiger partial charge in [-0.15, -0.1) is 0 Å². The lowest BCUT2D eigenvalue weighted by Gasteiger charge is -2.48. The van der Waals surface area contributed by atoms with Crippen LogP contribution in [0.25, 0.3) is 0 Å². The number of hydroxylamine groups is 2. The molecule has 0 spiro atoms. The first-order valence-corrected chi connectivity index (χ1v) is 6.25. The highest BCUT2D eigenvalue weighted by atomic mass is 16.6. The molecule has 1 rings (SSSR count). The Labute approximate surface area is 113 Å². The first-order chi connectivity index (χ1) is 8.48. The van der Waals surface area contributed by atoms with Gasteiger partial charge in [-0.05, 0) is 27.7 Å². The summed E-state index contributed by atoms with van der Waals surface area (Å²) < 4.78 is 5.19. The highest BCUT2D eigenvalue weighted by Crippen LogP contribution is 2.28. The Balaban J connectivity index is 2.78. The number of carbonyl (C=O) groups is 1. The van der Waals surface area contributed by atoms with Gasteiger partial charge in [0, 0.05) is 7.05 Å². The quantitative estimate of drug-likeness (QED) is 0.585. The first-order valence-electron chi connectivity index (χ1n) is 6.25. The molecule has 0 saturated carbocycles. The van der Waals surface area contributed by atoms with Crippen LogP contribution in [0, 0.1) is 0 Å². The average Bonchev–Trinajstić information content (AvgIpc) is 2.22. The molecule has 1 aliphatic heterocycles. The van der Waals surface area contributed by atoms with Crippen LogP contribution >= 0.6 is 0 Å². The second-order valence-electron chi connectivity index (χ2n) is 6.17.